The lowest BCUT2D eigenvalue weighted by molar-refractivity contribution is -0.146. The van der Waals surface area contributed by atoms with Crippen molar-refractivity contribution in [2.45, 2.75) is 50.8 Å². The van der Waals surface area contributed by atoms with Crippen LogP contribution in [0.25, 0.3) is 0 Å². The number of ether oxygens (including phenoxy) is 2. The molecular formula is C21H25NO5. The third-order valence-electron chi connectivity index (χ3n) is 7.18. The van der Waals surface area contributed by atoms with Gasteiger partial charge in [-0.25, -0.2) is 4.79 Å². The number of hydrogen-bond donors (Lipinski definition) is 1. The maximum absolute atomic E-state index is 12.3. The second-order valence-electron chi connectivity index (χ2n) is 8.31. The van der Waals surface area contributed by atoms with E-state index in [1.54, 1.807) is 0 Å². The van der Waals surface area contributed by atoms with Crippen molar-refractivity contribution in [1.82, 2.24) is 4.90 Å². The Morgan fingerprint density at radius 2 is 2.19 bits per heavy atom. The molecule has 1 N–H and O–H groups in total. The van der Waals surface area contributed by atoms with E-state index in [1.165, 1.54) is 12.7 Å². The Labute approximate surface area is 158 Å². The highest BCUT2D eigenvalue weighted by Crippen LogP contribution is 2.51. The Hall–Kier alpha value is -1.92. The number of carbonyl (C=O) groups excluding carboxylic acids is 2. The monoisotopic (exact) mass is 371 g/mol. The number of hydrogen-bond acceptors (Lipinski definition) is 6. The number of rotatable bonds is 1. The number of esters is 2. The molecule has 5 atom stereocenters. The first-order valence-electron chi connectivity index (χ1n) is 9.89. The van der Waals surface area contributed by atoms with Crippen LogP contribution in [-0.4, -0.2) is 60.4 Å². The van der Waals surface area contributed by atoms with E-state index in [9.17, 15) is 14.7 Å². The van der Waals surface area contributed by atoms with E-state index in [0.717, 1.165) is 36.1 Å². The Morgan fingerprint density at radius 1 is 1.37 bits per heavy atom. The van der Waals surface area contributed by atoms with Gasteiger partial charge < -0.3 is 14.6 Å². The molecule has 0 saturated carbocycles. The number of fused-ring (bicyclic) bond motifs is 5. The fourth-order valence-electron chi connectivity index (χ4n) is 5.92. The van der Waals surface area contributed by atoms with Gasteiger partial charge in [-0.3, -0.25) is 9.69 Å². The summed E-state index contributed by atoms with van der Waals surface area (Å²) < 4.78 is 10.2. The third kappa shape index (κ3) is 2.32. The molecule has 27 heavy (non-hydrogen) atoms. The zero-order valence-corrected chi connectivity index (χ0v) is 15.7. The van der Waals surface area contributed by atoms with Gasteiger partial charge in [0.25, 0.3) is 0 Å². The molecule has 0 aromatic carbocycles. The van der Waals surface area contributed by atoms with Crippen LogP contribution in [0.5, 0.6) is 0 Å². The van der Waals surface area contributed by atoms with Crippen LogP contribution in [0.4, 0.5) is 0 Å². The first-order chi connectivity index (χ1) is 13.0. The molecule has 0 aromatic heterocycles. The van der Waals surface area contributed by atoms with Gasteiger partial charge in [0, 0.05) is 25.0 Å². The minimum absolute atomic E-state index is 0.125. The Balaban J connectivity index is 1.63. The Bertz CT molecular complexity index is 822. The van der Waals surface area contributed by atoms with Gasteiger partial charge in [-0.05, 0) is 60.5 Å². The van der Waals surface area contributed by atoms with Gasteiger partial charge in [-0.2, -0.15) is 0 Å². The molecule has 2 aliphatic carbocycles. The van der Waals surface area contributed by atoms with Crippen LogP contribution >= 0.6 is 0 Å². The summed E-state index contributed by atoms with van der Waals surface area (Å²) >= 11 is 0. The maximum atomic E-state index is 12.3. The number of cyclic esters (lactones) is 1. The van der Waals surface area contributed by atoms with Crippen LogP contribution in [0.3, 0.4) is 0 Å². The number of allylic oxidation sites excluding steroid dienone is 1. The second kappa shape index (κ2) is 6.04. The minimum atomic E-state index is -0.531. The highest BCUT2D eigenvalue weighted by Gasteiger charge is 2.52. The summed E-state index contributed by atoms with van der Waals surface area (Å²) in [4.78, 5) is 26.9. The summed E-state index contributed by atoms with van der Waals surface area (Å²) in [6.07, 6.45) is 4.48. The first kappa shape index (κ1) is 17.2. The van der Waals surface area contributed by atoms with Gasteiger partial charge in [0.15, 0.2) is 0 Å². The van der Waals surface area contributed by atoms with Crippen LogP contribution in [0.15, 0.2) is 33.9 Å². The molecule has 3 saturated heterocycles. The molecule has 3 aliphatic heterocycles. The van der Waals surface area contributed by atoms with Crippen molar-refractivity contribution in [3.05, 3.63) is 33.9 Å². The average Bonchev–Trinajstić information content (AvgIpc) is 3.28. The molecule has 5 rings (SSSR count). The summed E-state index contributed by atoms with van der Waals surface area (Å²) in [5.74, 6) is -0.185. The van der Waals surface area contributed by atoms with Gasteiger partial charge in [-0.1, -0.05) is 0 Å². The molecule has 144 valence electrons. The molecule has 1 unspecified atom stereocenters. The van der Waals surface area contributed by atoms with Gasteiger partial charge in [-0.15, -0.1) is 0 Å². The molecule has 6 heteroatoms. The highest BCUT2D eigenvalue weighted by molar-refractivity contribution is 5.98. The molecule has 0 amide bonds. The number of aliphatic hydroxyl groups is 1. The Morgan fingerprint density at radius 3 is 2.96 bits per heavy atom. The molecule has 0 spiro atoms. The molecule has 3 heterocycles. The molecule has 0 radical (unpaired) electrons. The lowest BCUT2D eigenvalue weighted by Gasteiger charge is -2.23. The zero-order valence-electron chi connectivity index (χ0n) is 15.7. The molecule has 6 nitrogen and oxygen atoms in total. The summed E-state index contributed by atoms with van der Waals surface area (Å²) in [5.41, 5.74) is 4.87. The first-order valence-corrected chi connectivity index (χ1v) is 9.89. The molecule has 3 fully saturated rings. The van der Waals surface area contributed by atoms with Crippen molar-refractivity contribution in [1.29, 1.82) is 0 Å². The minimum Gasteiger partial charge on any atom is -0.469 e. The number of nitrogens with zero attached hydrogens (tertiary/aromatic N) is 1. The zero-order chi connectivity index (χ0) is 18.9. The second-order valence-corrected chi connectivity index (χ2v) is 8.31. The number of carbonyl (C=O) groups is 2. The molecular weight excluding hydrogens is 346 g/mol. The number of aliphatic hydroxyl groups excluding tert-OH is 1. The van der Waals surface area contributed by atoms with Gasteiger partial charge in [0.2, 0.25) is 0 Å². The molecule has 0 bridgehead atoms. The summed E-state index contributed by atoms with van der Waals surface area (Å²) in [6.45, 7) is 3.39. The van der Waals surface area contributed by atoms with Crippen LogP contribution in [0.1, 0.15) is 32.6 Å². The van der Waals surface area contributed by atoms with Crippen molar-refractivity contribution in [2.75, 3.05) is 20.3 Å². The summed E-state index contributed by atoms with van der Waals surface area (Å²) in [5, 5.41) is 10.8. The smallest absolute Gasteiger partial charge is 0.338 e. The van der Waals surface area contributed by atoms with Gasteiger partial charge >= 0.3 is 11.9 Å². The van der Waals surface area contributed by atoms with Crippen LogP contribution in [0, 0.1) is 11.8 Å². The van der Waals surface area contributed by atoms with Crippen LogP contribution < -0.4 is 0 Å². The SMILES string of the molecule is COC(=O)[C@H]1C[C@H]2C3=C4C=C5C(=O)OCCC5=C4C(O)CC[C@H]3CN2[C@@H]1C. The van der Waals surface area contributed by atoms with Crippen molar-refractivity contribution in [2.24, 2.45) is 11.8 Å². The quantitative estimate of drug-likeness (QED) is 0.704. The lowest BCUT2D eigenvalue weighted by atomic mass is 9.86. The Kier molecular flexibility index (Phi) is 3.85. The van der Waals surface area contributed by atoms with Gasteiger partial charge in [0.05, 0.1) is 31.3 Å². The van der Waals surface area contributed by atoms with E-state index in [0.29, 0.717) is 30.9 Å². The fraction of sp³-hybridized carbons (Fsp3) is 0.619. The number of methoxy groups -OCH3 is 1. The van der Waals surface area contributed by atoms with Gasteiger partial charge in [0.1, 0.15) is 0 Å². The summed E-state index contributed by atoms with van der Waals surface area (Å²) in [7, 11) is 1.45. The predicted octanol–water partition coefficient (Wildman–Crippen LogP) is 1.50. The van der Waals surface area contributed by atoms with E-state index in [1.807, 2.05) is 6.08 Å². The fourth-order valence-corrected chi connectivity index (χ4v) is 5.92. The standard InChI is InChI=1S/C21H25NO5/c1-10-13(20(24)26-2)8-16-18-11(9-22(10)16)3-4-17(23)19-12-5-6-27-21(25)14(12)7-15(18)19/h7,10-11,13,16-17,23H,3-6,8-9H2,1-2H3/t10-,11+,13+,16+,17?/m1/s1. The topological polar surface area (TPSA) is 76.1 Å². The van der Waals surface area contributed by atoms with E-state index in [4.69, 9.17) is 9.47 Å². The summed E-state index contributed by atoms with van der Waals surface area (Å²) in [6, 6.07) is 0.322. The van der Waals surface area contributed by atoms with E-state index < -0.39 is 6.10 Å². The predicted molar refractivity (Wildman–Crippen MR) is 96.5 cm³/mol. The molecule has 5 aliphatic rings. The average molecular weight is 371 g/mol. The van der Waals surface area contributed by atoms with Crippen molar-refractivity contribution in [3.63, 3.8) is 0 Å². The normalized spacial score (nSPS) is 38.0. The molecule has 0 aromatic rings. The van der Waals surface area contributed by atoms with E-state index in [-0.39, 0.29) is 29.9 Å². The third-order valence-corrected chi connectivity index (χ3v) is 7.18. The van der Waals surface area contributed by atoms with Crippen molar-refractivity contribution < 1.29 is 24.2 Å². The lowest BCUT2D eigenvalue weighted by Crippen LogP contribution is -2.34. The highest BCUT2D eigenvalue weighted by atomic mass is 16.5. The maximum Gasteiger partial charge on any atom is 0.338 e. The van der Waals surface area contributed by atoms with Crippen molar-refractivity contribution >= 4 is 11.9 Å². The van der Waals surface area contributed by atoms with Crippen LogP contribution in [0.2, 0.25) is 0 Å². The van der Waals surface area contributed by atoms with Crippen molar-refractivity contribution in [3.8, 4) is 0 Å². The van der Waals surface area contributed by atoms with Crippen LogP contribution in [-0.2, 0) is 19.1 Å². The van der Waals surface area contributed by atoms with E-state index in [2.05, 4.69) is 11.8 Å². The van der Waals surface area contributed by atoms with E-state index >= 15 is 0 Å². The largest absolute Gasteiger partial charge is 0.469 e.